The van der Waals surface area contributed by atoms with Crippen molar-refractivity contribution >= 4 is 6.09 Å². The van der Waals surface area contributed by atoms with E-state index in [1.165, 1.54) is 0 Å². The van der Waals surface area contributed by atoms with Crippen LogP contribution in [-0.2, 0) is 11.3 Å². The van der Waals surface area contributed by atoms with Crippen LogP contribution in [0.25, 0.3) is 0 Å². The maximum absolute atomic E-state index is 11.2. The first-order chi connectivity index (χ1) is 6.97. The Balaban J connectivity index is 2.18. The molecule has 0 spiro atoms. The normalized spacial score (nSPS) is 11.1. The summed E-state index contributed by atoms with van der Waals surface area (Å²) in [5.74, 6) is 0. The minimum absolute atomic E-state index is 0.472. The lowest BCUT2D eigenvalue weighted by molar-refractivity contribution is 0.0497. The predicted octanol–water partition coefficient (Wildman–Crippen LogP) is 1.54. The SMILES string of the molecule is CC(C)(C)OC(=O)NNCc1cc[nH]c1. The number of aromatic nitrogens is 1. The molecule has 0 aliphatic carbocycles. The highest BCUT2D eigenvalue weighted by Crippen LogP contribution is 2.05. The lowest BCUT2D eigenvalue weighted by Gasteiger charge is -2.19. The molecule has 0 saturated carbocycles. The van der Waals surface area contributed by atoms with Crippen molar-refractivity contribution in [2.45, 2.75) is 32.9 Å². The molecule has 0 aliphatic rings. The van der Waals surface area contributed by atoms with E-state index in [-0.39, 0.29) is 0 Å². The van der Waals surface area contributed by atoms with Crippen LogP contribution in [0.1, 0.15) is 26.3 Å². The van der Waals surface area contributed by atoms with E-state index >= 15 is 0 Å². The lowest BCUT2D eigenvalue weighted by Crippen LogP contribution is -2.40. The van der Waals surface area contributed by atoms with Gasteiger partial charge in [0.15, 0.2) is 0 Å². The summed E-state index contributed by atoms with van der Waals surface area (Å²) in [6.45, 7) is 6.01. The Labute approximate surface area is 89.2 Å². The van der Waals surface area contributed by atoms with Gasteiger partial charge in [-0.3, -0.25) is 5.43 Å². The summed E-state index contributed by atoms with van der Waals surface area (Å²) >= 11 is 0. The third kappa shape index (κ3) is 5.07. The van der Waals surface area contributed by atoms with Crippen LogP contribution in [0.2, 0.25) is 0 Å². The van der Waals surface area contributed by atoms with Crippen LogP contribution < -0.4 is 10.9 Å². The van der Waals surface area contributed by atoms with Crippen LogP contribution >= 0.6 is 0 Å². The van der Waals surface area contributed by atoms with Crippen molar-refractivity contribution in [1.82, 2.24) is 15.8 Å². The van der Waals surface area contributed by atoms with Crippen molar-refractivity contribution in [3.63, 3.8) is 0 Å². The highest BCUT2D eigenvalue weighted by molar-refractivity contribution is 5.66. The number of nitrogens with one attached hydrogen (secondary N) is 3. The Hall–Kier alpha value is -1.49. The fraction of sp³-hybridized carbons (Fsp3) is 0.500. The molecule has 1 aromatic heterocycles. The third-order valence-corrected chi connectivity index (χ3v) is 1.54. The maximum atomic E-state index is 11.2. The van der Waals surface area contributed by atoms with E-state index < -0.39 is 11.7 Å². The summed E-state index contributed by atoms with van der Waals surface area (Å²) in [7, 11) is 0. The van der Waals surface area contributed by atoms with Gasteiger partial charge in [-0.05, 0) is 32.4 Å². The Morgan fingerprint density at radius 2 is 2.27 bits per heavy atom. The fourth-order valence-electron chi connectivity index (χ4n) is 0.990. The monoisotopic (exact) mass is 211 g/mol. The summed E-state index contributed by atoms with van der Waals surface area (Å²) in [5, 5.41) is 0. The molecule has 0 unspecified atom stereocenters. The second-order valence-corrected chi connectivity index (χ2v) is 4.20. The average Bonchev–Trinajstić information content (AvgIpc) is 2.53. The van der Waals surface area contributed by atoms with Gasteiger partial charge < -0.3 is 9.72 Å². The van der Waals surface area contributed by atoms with Crippen LogP contribution in [0, 0.1) is 0 Å². The van der Waals surface area contributed by atoms with E-state index in [1.54, 1.807) is 0 Å². The van der Waals surface area contributed by atoms with Gasteiger partial charge in [-0.15, -0.1) is 0 Å². The van der Waals surface area contributed by atoms with Gasteiger partial charge in [0.2, 0.25) is 0 Å². The molecule has 1 rings (SSSR count). The minimum atomic E-state index is -0.474. The Morgan fingerprint density at radius 3 is 2.80 bits per heavy atom. The van der Waals surface area contributed by atoms with Gasteiger partial charge in [0.1, 0.15) is 5.60 Å². The summed E-state index contributed by atoms with van der Waals surface area (Å²) in [6.07, 6.45) is 3.20. The molecule has 3 N–H and O–H groups in total. The number of H-pyrrole nitrogens is 1. The van der Waals surface area contributed by atoms with Gasteiger partial charge >= 0.3 is 6.09 Å². The van der Waals surface area contributed by atoms with Crippen LogP contribution in [0.5, 0.6) is 0 Å². The number of aromatic amines is 1. The standard InChI is InChI=1S/C10H17N3O2/c1-10(2,3)15-9(14)13-12-7-8-4-5-11-6-8/h4-6,11-12H,7H2,1-3H3,(H,13,14). The largest absolute Gasteiger partial charge is 0.443 e. The number of amides is 1. The summed E-state index contributed by atoms with van der Waals surface area (Å²) in [6, 6.07) is 1.92. The van der Waals surface area contributed by atoms with E-state index in [4.69, 9.17) is 4.74 Å². The van der Waals surface area contributed by atoms with Crippen molar-refractivity contribution in [3.05, 3.63) is 24.0 Å². The predicted molar refractivity (Wildman–Crippen MR) is 57.0 cm³/mol. The number of hydrogen-bond acceptors (Lipinski definition) is 3. The highest BCUT2D eigenvalue weighted by Gasteiger charge is 2.15. The van der Waals surface area contributed by atoms with E-state index in [0.717, 1.165) is 5.56 Å². The molecular formula is C10H17N3O2. The van der Waals surface area contributed by atoms with Crippen LogP contribution in [-0.4, -0.2) is 16.7 Å². The molecule has 15 heavy (non-hydrogen) atoms. The van der Waals surface area contributed by atoms with Gasteiger partial charge in [0.25, 0.3) is 0 Å². The fourth-order valence-corrected chi connectivity index (χ4v) is 0.990. The van der Waals surface area contributed by atoms with Crippen molar-refractivity contribution in [2.24, 2.45) is 0 Å². The topological polar surface area (TPSA) is 66.2 Å². The molecule has 0 fully saturated rings. The van der Waals surface area contributed by atoms with E-state index in [0.29, 0.717) is 6.54 Å². The quantitative estimate of drug-likeness (QED) is 0.664. The molecule has 1 aromatic rings. The first-order valence-corrected chi connectivity index (χ1v) is 4.81. The van der Waals surface area contributed by atoms with Gasteiger partial charge in [0.05, 0.1) is 0 Å². The summed E-state index contributed by atoms with van der Waals surface area (Å²) in [4.78, 5) is 14.1. The van der Waals surface area contributed by atoms with Crippen molar-refractivity contribution in [3.8, 4) is 0 Å². The Morgan fingerprint density at radius 1 is 1.53 bits per heavy atom. The number of ether oxygens (including phenoxy) is 1. The molecule has 0 saturated heterocycles. The van der Waals surface area contributed by atoms with Crippen LogP contribution in [0.15, 0.2) is 18.5 Å². The van der Waals surface area contributed by atoms with Crippen LogP contribution in [0.4, 0.5) is 4.79 Å². The molecule has 0 radical (unpaired) electrons. The molecule has 1 heterocycles. The van der Waals surface area contributed by atoms with Gasteiger partial charge in [-0.25, -0.2) is 10.2 Å². The molecule has 1 amide bonds. The molecule has 0 atom stereocenters. The zero-order chi connectivity index (χ0) is 11.3. The van der Waals surface area contributed by atoms with Crippen LogP contribution in [0.3, 0.4) is 0 Å². The minimum Gasteiger partial charge on any atom is -0.443 e. The van der Waals surface area contributed by atoms with Gasteiger partial charge in [-0.2, -0.15) is 0 Å². The Kier molecular flexibility index (Phi) is 3.74. The van der Waals surface area contributed by atoms with Gasteiger partial charge in [0, 0.05) is 18.9 Å². The Bertz CT molecular complexity index is 301. The van der Waals surface area contributed by atoms with Crippen molar-refractivity contribution in [1.29, 1.82) is 0 Å². The molecule has 0 aliphatic heterocycles. The molecular weight excluding hydrogens is 194 g/mol. The number of carbonyl (C=O) groups is 1. The first-order valence-electron chi connectivity index (χ1n) is 4.81. The number of hydrazine groups is 1. The third-order valence-electron chi connectivity index (χ3n) is 1.54. The van der Waals surface area contributed by atoms with Gasteiger partial charge in [-0.1, -0.05) is 0 Å². The van der Waals surface area contributed by atoms with E-state index in [1.807, 2.05) is 39.2 Å². The summed E-state index contributed by atoms with van der Waals surface area (Å²) in [5.41, 5.74) is 5.81. The smallest absolute Gasteiger partial charge is 0.422 e. The zero-order valence-electron chi connectivity index (χ0n) is 9.26. The molecule has 5 nitrogen and oxygen atoms in total. The average molecular weight is 211 g/mol. The number of carbonyl (C=O) groups excluding carboxylic acids is 1. The number of rotatable bonds is 3. The molecule has 0 bridgehead atoms. The zero-order valence-corrected chi connectivity index (χ0v) is 9.26. The second-order valence-electron chi connectivity index (χ2n) is 4.20. The highest BCUT2D eigenvalue weighted by atomic mass is 16.6. The molecule has 84 valence electrons. The van der Waals surface area contributed by atoms with Crippen molar-refractivity contribution in [2.75, 3.05) is 0 Å². The van der Waals surface area contributed by atoms with E-state index in [9.17, 15) is 4.79 Å². The number of hydrogen-bond donors (Lipinski definition) is 3. The second kappa shape index (κ2) is 4.84. The maximum Gasteiger partial charge on any atom is 0.422 e. The van der Waals surface area contributed by atoms with Crippen molar-refractivity contribution < 1.29 is 9.53 Å². The summed E-state index contributed by atoms with van der Waals surface area (Å²) < 4.78 is 5.04. The molecule has 0 aromatic carbocycles. The molecule has 5 heteroatoms. The first kappa shape index (κ1) is 11.6. The lowest BCUT2D eigenvalue weighted by atomic mass is 10.2. The van der Waals surface area contributed by atoms with E-state index in [2.05, 4.69) is 15.8 Å².